The molecule has 2 heterocycles. The van der Waals surface area contributed by atoms with Crippen LogP contribution in [0.25, 0.3) is 77.8 Å². The van der Waals surface area contributed by atoms with Gasteiger partial charge in [-0.3, -0.25) is 4.98 Å². The van der Waals surface area contributed by atoms with Crippen molar-refractivity contribution >= 4 is 21.9 Å². The Morgan fingerprint density at radius 1 is 0.522 bits per heavy atom. The predicted molar refractivity (Wildman–Crippen MR) is 190 cm³/mol. The highest BCUT2D eigenvalue weighted by molar-refractivity contribution is 6.00. The molecule has 4 nitrogen and oxygen atoms in total. The highest BCUT2D eigenvalue weighted by atomic mass is 16.3. The molecule has 0 radical (unpaired) electrons. The van der Waals surface area contributed by atoms with Crippen molar-refractivity contribution in [2.24, 2.45) is 0 Å². The lowest BCUT2D eigenvalue weighted by Gasteiger charge is -2.12. The minimum absolute atomic E-state index is 0.208. The fourth-order valence-electron chi connectivity index (χ4n) is 6.48. The van der Waals surface area contributed by atoms with Crippen LogP contribution in [-0.4, -0.2) is 19.6 Å². The van der Waals surface area contributed by atoms with Crippen LogP contribution in [0.2, 0.25) is 0 Å². The van der Waals surface area contributed by atoms with E-state index in [1.807, 2.05) is 48.7 Å². The maximum absolute atomic E-state index is 11.2. The number of nitrogens with zero attached hydrogens (tertiary/aromatic N) is 3. The molecule has 0 amide bonds. The Hall–Kier alpha value is -6.00. The summed E-state index contributed by atoms with van der Waals surface area (Å²) in [6, 6.07) is 50.0. The van der Waals surface area contributed by atoms with Crippen molar-refractivity contribution in [3.63, 3.8) is 0 Å². The van der Waals surface area contributed by atoms with Crippen molar-refractivity contribution < 1.29 is 5.11 Å². The van der Waals surface area contributed by atoms with E-state index in [0.717, 1.165) is 72.3 Å². The Labute approximate surface area is 267 Å². The lowest BCUT2D eigenvalue weighted by molar-refractivity contribution is 0.476. The molecular formula is C42H31N3O. The molecule has 0 bridgehead atoms. The summed E-state index contributed by atoms with van der Waals surface area (Å²) in [6.07, 6.45) is 1.85. The Balaban J connectivity index is 1.37. The molecule has 8 rings (SSSR count). The zero-order chi connectivity index (χ0) is 31.0. The van der Waals surface area contributed by atoms with Crippen molar-refractivity contribution in [1.82, 2.24) is 14.5 Å². The van der Waals surface area contributed by atoms with Gasteiger partial charge in [0.05, 0.1) is 22.1 Å². The van der Waals surface area contributed by atoms with Crippen molar-refractivity contribution in [2.75, 3.05) is 0 Å². The average Bonchev–Trinajstić information content (AvgIpc) is 3.50. The van der Waals surface area contributed by atoms with E-state index in [2.05, 4.69) is 109 Å². The van der Waals surface area contributed by atoms with Gasteiger partial charge in [-0.2, -0.15) is 0 Å². The van der Waals surface area contributed by atoms with Gasteiger partial charge in [0.25, 0.3) is 0 Å². The number of phenols is 1. The number of rotatable bonds is 6. The first-order chi connectivity index (χ1) is 22.7. The molecule has 0 saturated carbocycles. The summed E-state index contributed by atoms with van der Waals surface area (Å²) in [7, 11) is 0. The van der Waals surface area contributed by atoms with Gasteiger partial charge in [0.2, 0.25) is 0 Å². The van der Waals surface area contributed by atoms with E-state index in [1.54, 1.807) is 6.07 Å². The van der Waals surface area contributed by atoms with Crippen LogP contribution < -0.4 is 0 Å². The third kappa shape index (κ3) is 4.81. The van der Waals surface area contributed by atoms with Gasteiger partial charge in [-0.25, -0.2) is 4.98 Å². The SMILES string of the molecule is CCn1c(-c2cc(-c3ccccc3)ccc2O)nc2c(-c3cccc(-c4cccc5cccnc45)c3)cc(-c3ccccc3)cc21. The first-order valence-corrected chi connectivity index (χ1v) is 15.6. The van der Waals surface area contributed by atoms with Gasteiger partial charge in [0.1, 0.15) is 11.6 Å². The largest absolute Gasteiger partial charge is 0.507 e. The fourth-order valence-corrected chi connectivity index (χ4v) is 6.48. The molecule has 46 heavy (non-hydrogen) atoms. The van der Waals surface area contributed by atoms with Gasteiger partial charge in [-0.05, 0) is 76.7 Å². The van der Waals surface area contributed by atoms with Crippen LogP contribution in [0.3, 0.4) is 0 Å². The molecule has 0 saturated heterocycles. The number of hydrogen-bond donors (Lipinski definition) is 1. The zero-order valence-electron chi connectivity index (χ0n) is 25.4. The molecule has 0 aliphatic rings. The molecule has 8 aromatic rings. The van der Waals surface area contributed by atoms with Crippen LogP contribution in [0, 0.1) is 0 Å². The number of benzene rings is 6. The molecule has 0 aliphatic carbocycles. The Bertz CT molecular complexity index is 2350. The van der Waals surface area contributed by atoms with Gasteiger partial charge in [0, 0.05) is 29.3 Å². The molecule has 220 valence electrons. The number of aryl methyl sites for hydroxylation is 1. The molecule has 6 aromatic carbocycles. The number of fused-ring (bicyclic) bond motifs is 2. The third-order valence-corrected chi connectivity index (χ3v) is 8.74. The van der Waals surface area contributed by atoms with Gasteiger partial charge in [-0.1, -0.05) is 109 Å². The van der Waals surface area contributed by atoms with Gasteiger partial charge >= 0.3 is 0 Å². The number of aromatic nitrogens is 3. The Kier molecular flexibility index (Phi) is 6.88. The Morgan fingerprint density at radius 2 is 1.17 bits per heavy atom. The minimum atomic E-state index is 0.208. The number of phenolic OH excluding ortho intramolecular Hbond substituents is 1. The van der Waals surface area contributed by atoms with E-state index < -0.39 is 0 Å². The first kappa shape index (κ1) is 27.5. The summed E-state index contributed by atoms with van der Waals surface area (Å²) >= 11 is 0. The number of aromatic hydroxyl groups is 1. The molecule has 0 spiro atoms. The summed E-state index contributed by atoms with van der Waals surface area (Å²) in [5.74, 6) is 0.952. The Morgan fingerprint density at radius 3 is 1.93 bits per heavy atom. The summed E-state index contributed by atoms with van der Waals surface area (Å²) in [5.41, 5.74) is 12.3. The van der Waals surface area contributed by atoms with Gasteiger partial charge in [-0.15, -0.1) is 0 Å². The number of hydrogen-bond acceptors (Lipinski definition) is 3. The van der Waals surface area contributed by atoms with E-state index in [1.165, 1.54) is 0 Å². The monoisotopic (exact) mass is 593 g/mol. The van der Waals surface area contributed by atoms with Crippen molar-refractivity contribution in [3.05, 3.63) is 152 Å². The zero-order valence-corrected chi connectivity index (χ0v) is 25.4. The summed E-state index contributed by atoms with van der Waals surface area (Å²) in [6.45, 7) is 2.83. The second-order valence-corrected chi connectivity index (χ2v) is 11.5. The maximum atomic E-state index is 11.2. The van der Waals surface area contributed by atoms with Crippen molar-refractivity contribution in [3.8, 4) is 61.6 Å². The molecular weight excluding hydrogens is 562 g/mol. The lowest BCUT2D eigenvalue weighted by Crippen LogP contribution is -1.98. The standard InChI is InChI=1S/C42H31N3O/c1-2-45-38-27-34(29-14-7-4-8-15-29)26-36(33-18-9-17-32(24-33)35-20-10-16-30-19-11-23-43-40(30)35)41(38)44-42(45)37-25-31(21-22-39(37)46)28-12-5-3-6-13-28/h3-27,46H,2H2,1H3. The topological polar surface area (TPSA) is 50.9 Å². The second-order valence-electron chi connectivity index (χ2n) is 11.5. The molecule has 0 unspecified atom stereocenters. The predicted octanol–water partition coefficient (Wildman–Crippen LogP) is 10.6. The molecule has 4 heteroatoms. The molecule has 1 N–H and O–H groups in total. The summed E-state index contributed by atoms with van der Waals surface area (Å²) in [5, 5.41) is 12.3. The van der Waals surface area contributed by atoms with E-state index in [4.69, 9.17) is 9.97 Å². The van der Waals surface area contributed by atoms with E-state index in [0.29, 0.717) is 12.1 Å². The smallest absolute Gasteiger partial charge is 0.144 e. The van der Waals surface area contributed by atoms with E-state index in [9.17, 15) is 5.11 Å². The molecule has 2 aromatic heterocycles. The van der Waals surface area contributed by atoms with Gasteiger partial charge in [0.15, 0.2) is 0 Å². The number of pyridine rings is 1. The quantitative estimate of drug-likeness (QED) is 0.209. The van der Waals surface area contributed by atoms with Crippen LogP contribution in [-0.2, 0) is 6.54 Å². The fraction of sp³-hybridized carbons (Fsp3) is 0.0476. The van der Waals surface area contributed by atoms with Crippen molar-refractivity contribution in [2.45, 2.75) is 13.5 Å². The van der Waals surface area contributed by atoms with E-state index >= 15 is 0 Å². The van der Waals surface area contributed by atoms with Crippen LogP contribution >= 0.6 is 0 Å². The maximum Gasteiger partial charge on any atom is 0.144 e. The third-order valence-electron chi connectivity index (χ3n) is 8.74. The van der Waals surface area contributed by atoms with Crippen LogP contribution in [0.5, 0.6) is 5.75 Å². The van der Waals surface area contributed by atoms with Crippen LogP contribution in [0.15, 0.2) is 152 Å². The van der Waals surface area contributed by atoms with Crippen molar-refractivity contribution in [1.29, 1.82) is 0 Å². The highest BCUT2D eigenvalue weighted by Gasteiger charge is 2.20. The number of imidazole rings is 1. The van der Waals surface area contributed by atoms with E-state index in [-0.39, 0.29) is 5.75 Å². The van der Waals surface area contributed by atoms with Gasteiger partial charge < -0.3 is 9.67 Å². The molecule has 0 aliphatic heterocycles. The normalized spacial score (nSPS) is 11.3. The highest BCUT2D eigenvalue weighted by Crippen LogP contribution is 2.40. The molecule has 0 atom stereocenters. The summed E-state index contributed by atoms with van der Waals surface area (Å²) in [4.78, 5) is 10.0. The second kappa shape index (κ2) is 11.5. The van der Waals surface area contributed by atoms with Crippen LogP contribution in [0.4, 0.5) is 0 Å². The summed E-state index contributed by atoms with van der Waals surface area (Å²) < 4.78 is 2.22. The number of para-hydroxylation sites is 1. The molecule has 0 fully saturated rings. The minimum Gasteiger partial charge on any atom is -0.507 e. The van der Waals surface area contributed by atoms with Crippen LogP contribution in [0.1, 0.15) is 6.92 Å². The average molecular weight is 594 g/mol. The lowest BCUT2D eigenvalue weighted by atomic mass is 9.94. The first-order valence-electron chi connectivity index (χ1n) is 15.6.